The van der Waals surface area contributed by atoms with Gasteiger partial charge in [-0.15, -0.1) is 0 Å². The largest absolute Gasteiger partial charge is 0.493 e. The van der Waals surface area contributed by atoms with Crippen molar-refractivity contribution in [2.75, 3.05) is 31.6 Å². The monoisotopic (exact) mass is 425 g/mol. The molecule has 1 heterocycles. The van der Waals surface area contributed by atoms with Crippen molar-refractivity contribution < 1.29 is 19.1 Å². The van der Waals surface area contributed by atoms with Gasteiger partial charge in [0.05, 0.1) is 19.3 Å². The van der Waals surface area contributed by atoms with E-state index < -0.39 is 5.91 Å². The van der Waals surface area contributed by atoms with E-state index in [0.29, 0.717) is 37.6 Å². The number of hydrogen-bond acceptors (Lipinski definition) is 5. The first-order valence-electron chi connectivity index (χ1n) is 10.6. The second-order valence-electron chi connectivity index (χ2n) is 8.02. The first kappa shape index (κ1) is 22.5. The van der Waals surface area contributed by atoms with Gasteiger partial charge in [-0.2, -0.15) is 0 Å². The van der Waals surface area contributed by atoms with Gasteiger partial charge in [0.25, 0.3) is 0 Å². The van der Waals surface area contributed by atoms with E-state index in [4.69, 9.17) is 15.2 Å². The van der Waals surface area contributed by atoms with Crippen LogP contribution in [0.15, 0.2) is 48.5 Å². The molecular formula is C24H31N3O4. The Bertz CT molecular complexity index is 901. The van der Waals surface area contributed by atoms with Gasteiger partial charge in [-0.1, -0.05) is 30.3 Å². The van der Waals surface area contributed by atoms with Crippen LogP contribution in [0.1, 0.15) is 25.8 Å². The van der Waals surface area contributed by atoms with Crippen LogP contribution in [0.25, 0.3) is 0 Å². The standard InChI is InChI=1S/C24H31N3O4/c1-17(2)31-22-14-19(9-10-21(22)30-3)26-11-12-27(24(29)15-23(25)28)20(16-26)13-18-7-5-4-6-8-18/h4-10,14,17,20H,11-13,15-16H2,1-3H3,(H2,25,28)/t20-/m0/s1. The van der Waals surface area contributed by atoms with E-state index in [2.05, 4.69) is 17.0 Å². The van der Waals surface area contributed by atoms with Crippen molar-refractivity contribution in [2.45, 2.75) is 38.8 Å². The molecular weight excluding hydrogens is 394 g/mol. The zero-order valence-electron chi connectivity index (χ0n) is 18.4. The molecule has 2 aromatic rings. The highest BCUT2D eigenvalue weighted by Crippen LogP contribution is 2.33. The topological polar surface area (TPSA) is 85.1 Å². The van der Waals surface area contributed by atoms with Crippen LogP contribution in [-0.4, -0.2) is 55.6 Å². The Morgan fingerprint density at radius 1 is 1.10 bits per heavy atom. The van der Waals surface area contributed by atoms with Crippen LogP contribution in [-0.2, 0) is 16.0 Å². The zero-order valence-corrected chi connectivity index (χ0v) is 18.4. The predicted molar refractivity (Wildman–Crippen MR) is 120 cm³/mol. The molecule has 0 aliphatic carbocycles. The number of hydrogen-bond donors (Lipinski definition) is 1. The second-order valence-corrected chi connectivity index (χ2v) is 8.02. The molecule has 0 radical (unpaired) electrons. The first-order valence-corrected chi connectivity index (χ1v) is 10.6. The number of methoxy groups -OCH3 is 1. The fraction of sp³-hybridized carbons (Fsp3) is 0.417. The zero-order chi connectivity index (χ0) is 22.4. The molecule has 1 atom stereocenters. The average Bonchev–Trinajstić information content (AvgIpc) is 2.73. The van der Waals surface area contributed by atoms with Crippen molar-refractivity contribution in [1.82, 2.24) is 4.90 Å². The lowest BCUT2D eigenvalue weighted by Gasteiger charge is -2.42. The molecule has 7 heteroatoms. The van der Waals surface area contributed by atoms with Crippen molar-refractivity contribution in [2.24, 2.45) is 5.73 Å². The van der Waals surface area contributed by atoms with Crippen molar-refractivity contribution in [3.05, 3.63) is 54.1 Å². The smallest absolute Gasteiger partial charge is 0.232 e. The maximum absolute atomic E-state index is 12.7. The molecule has 0 saturated carbocycles. The van der Waals surface area contributed by atoms with Gasteiger partial charge in [0, 0.05) is 31.4 Å². The van der Waals surface area contributed by atoms with Gasteiger partial charge < -0.3 is 25.0 Å². The quantitative estimate of drug-likeness (QED) is 0.657. The fourth-order valence-corrected chi connectivity index (χ4v) is 3.94. The lowest BCUT2D eigenvalue weighted by atomic mass is 10.0. The highest BCUT2D eigenvalue weighted by atomic mass is 16.5. The highest BCUT2D eigenvalue weighted by Gasteiger charge is 2.31. The van der Waals surface area contributed by atoms with Crippen LogP contribution >= 0.6 is 0 Å². The third-order valence-electron chi connectivity index (χ3n) is 5.32. The summed E-state index contributed by atoms with van der Waals surface area (Å²) in [7, 11) is 1.63. The molecule has 0 spiro atoms. The number of carbonyl (C=O) groups excluding carboxylic acids is 2. The lowest BCUT2D eigenvalue weighted by Crippen LogP contribution is -2.56. The minimum atomic E-state index is -0.600. The summed E-state index contributed by atoms with van der Waals surface area (Å²) in [6, 6.07) is 15.9. The number of benzene rings is 2. The summed E-state index contributed by atoms with van der Waals surface area (Å²) in [6.07, 6.45) is 0.464. The molecule has 0 unspecified atom stereocenters. The molecule has 31 heavy (non-hydrogen) atoms. The lowest BCUT2D eigenvalue weighted by molar-refractivity contribution is -0.137. The van der Waals surface area contributed by atoms with Crippen LogP contribution in [0.5, 0.6) is 11.5 Å². The van der Waals surface area contributed by atoms with Crippen molar-refractivity contribution in [3.8, 4) is 11.5 Å². The molecule has 2 aromatic carbocycles. The number of anilines is 1. The van der Waals surface area contributed by atoms with Gasteiger partial charge in [0.1, 0.15) is 6.42 Å². The fourth-order valence-electron chi connectivity index (χ4n) is 3.94. The van der Waals surface area contributed by atoms with E-state index in [9.17, 15) is 9.59 Å². The molecule has 166 valence electrons. The number of ether oxygens (including phenoxy) is 2. The van der Waals surface area contributed by atoms with Gasteiger partial charge in [0.15, 0.2) is 11.5 Å². The molecule has 2 amide bonds. The third-order valence-corrected chi connectivity index (χ3v) is 5.32. The Balaban J connectivity index is 1.84. The van der Waals surface area contributed by atoms with Crippen molar-refractivity contribution >= 4 is 17.5 Å². The Morgan fingerprint density at radius 3 is 2.48 bits per heavy atom. The minimum absolute atomic E-state index is 0.0262. The molecule has 2 N–H and O–H groups in total. The Labute approximate surface area is 183 Å². The molecule has 0 aromatic heterocycles. The van der Waals surface area contributed by atoms with Crippen molar-refractivity contribution in [1.29, 1.82) is 0 Å². The van der Waals surface area contributed by atoms with E-state index in [1.165, 1.54) is 0 Å². The Kier molecular flexibility index (Phi) is 7.39. The van der Waals surface area contributed by atoms with Gasteiger partial charge in [-0.05, 0) is 38.0 Å². The molecule has 1 saturated heterocycles. The van der Waals surface area contributed by atoms with E-state index in [-0.39, 0.29) is 24.5 Å². The van der Waals surface area contributed by atoms with Crippen LogP contribution in [0.3, 0.4) is 0 Å². The van der Waals surface area contributed by atoms with Crippen molar-refractivity contribution in [3.63, 3.8) is 0 Å². The van der Waals surface area contributed by atoms with Crippen LogP contribution in [0.4, 0.5) is 5.69 Å². The summed E-state index contributed by atoms with van der Waals surface area (Å²) in [4.78, 5) is 28.0. The van der Waals surface area contributed by atoms with Gasteiger partial charge in [0.2, 0.25) is 11.8 Å². The second kappa shape index (κ2) is 10.2. The number of nitrogens with zero attached hydrogens (tertiary/aromatic N) is 2. The number of amides is 2. The van der Waals surface area contributed by atoms with E-state index in [1.54, 1.807) is 12.0 Å². The number of piperazine rings is 1. The van der Waals surface area contributed by atoms with E-state index >= 15 is 0 Å². The summed E-state index contributed by atoms with van der Waals surface area (Å²) in [5.74, 6) is 0.568. The molecule has 0 bridgehead atoms. The van der Waals surface area contributed by atoms with Gasteiger partial charge >= 0.3 is 0 Å². The summed E-state index contributed by atoms with van der Waals surface area (Å²) in [5, 5.41) is 0. The first-order chi connectivity index (χ1) is 14.9. The van der Waals surface area contributed by atoms with Crippen LogP contribution in [0.2, 0.25) is 0 Å². The SMILES string of the molecule is COc1ccc(N2CCN(C(=O)CC(N)=O)[C@@H](Cc3ccccc3)C2)cc1OC(C)C. The third kappa shape index (κ3) is 5.90. The highest BCUT2D eigenvalue weighted by molar-refractivity contribution is 5.96. The van der Waals surface area contributed by atoms with Crippen LogP contribution in [0, 0.1) is 0 Å². The minimum Gasteiger partial charge on any atom is -0.493 e. The Hall–Kier alpha value is -3.22. The summed E-state index contributed by atoms with van der Waals surface area (Å²) in [5.41, 5.74) is 7.43. The normalized spacial score (nSPS) is 16.3. The average molecular weight is 426 g/mol. The number of carbonyl (C=O) groups is 2. The van der Waals surface area contributed by atoms with E-state index in [1.807, 2.05) is 50.2 Å². The van der Waals surface area contributed by atoms with Gasteiger partial charge in [-0.25, -0.2) is 0 Å². The molecule has 1 aliphatic rings. The molecule has 3 rings (SSSR count). The summed E-state index contributed by atoms with van der Waals surface area (Å²) < 4.78 is 11.4. The van der Waals surface area contributed by atoms with Crippen LogP contribution < -0.4 is 20.1 Å². The van der Waals surface area contributed by atoms with Gasteiger partial charge in [-0.3, -0.25) is 9.59 Å². The summed E-state index contributed by atoms with van der Waals surface area (Å²) >= 11 is 0. The molecule has 7 nitrogen and oxygen atoms in total. The predicted octanol–water partition coefficient (Wildman–Crippen LogP) is 2.62. The Morgan fingerprint density at radius 2 is 1.84 bits per heavy atom. The summed E-state index contributed by atoms with van der Waals surface area (Å²) in [6.45, 7) is 5.78. The maximum Gasteiger partial charge on any atom is 0.232 e. The number of rotatable bonds is 8. The number of nitrogens with two attached hydrogens (primary N) is 1. The number of primary amides is 1. The van der Waals surface area contributed by atoms with E-state index in [0.717, 1.165) is 11.3 Å². The maximum atomic E-state index is 12.7. The molecule has 1 fully saturated rings. The molecule has 1 aliphatic heterocycles.